The quantitative estimate of drug-likeness (QED) is 0.547. The Morgan fingerprint density at radius 1 is 1.38 bits per heavy atom. The minimum atomic E-state index is -0.771. The van der Waals surface area contributed by atoms with Gasteiger partial charge in [-0.2, -0.15) is 0 Å². The highest BCUT2D eigenvalue weighted by Gasteiger charge is 2.70. The molecular weight excluding hydrogens is 280 g/mol. The van der Waals surface area contributed by atoms with E-state index in [1.807, 2.05) is 6.92 Å². The zero-order valence-corrected chi connectivity index (χ0v) is 11.7. The van der Waals surface area contributed by atoms with Gasteiger partial charge in [0.05, 0.1) is 18.4 Å². The summed E-state index contributed by atoms with van der Waals surface area (Å²) in [4.78, 5) is 35.5. The molecule has 0 aromatic rings. The summed E-state index contributed by atoms with van der Waals surface area (Å²) in [6, 6.07) is 0. The zero-order chi connectivity index (χ0) is 15.1. The van der Waals surface area contributed by atoms with Crippen molar-refractivity contribution >= 4 is 17.9 Å². The first kappa shape index (κ1) is 14.3. The third kappa shape index (κ3) is 2.10. The molecule has 21 heavy (non-hydrogen) atoms. The molecule has 0 spiro atoms. The second-order valence-electron chi connectivity index (χ2n) is 5.80. The molecule has 3 fully saturated rings. The lowest BCUT2D eigenvalue weighted by Crippen LogP contribution is -2.44. The van der Waals surface area contributed by atoms with Crippen molar-refractivity contribution in [1.82, 2.24) is 0 Å². The Kier molecular flexibility index (Phi) is 3.61. The molecule has 0 radical (unpaired) electrons. The number of rotatable bonds is 5. The first-order valence-corrected chi connectivity index (χ1v) is 7.26. The maximum atomic E-state index is 12.2. The molecule has 3 aliphatic rings. The predicted molar refractivity (Wildman–Crippen MR) is 66.7 cm³/mol. The van der Waals surface area contributed by atoms with Crippen LogP contribution < -0.4 is 0 Å². The first-order valence-electron chi connectivity index (χ1n) is 7.26. The fourth-order valence-electron chi connectivity index (χ4n) is 3.96. The van der Waals surface area contributed by atoms with Gasteiger partial charge in [0.25, 0.3) is 0 Å². The highest BCUT2D eigenvalue weighted by molar-refractivity contribution is 5.86. The summed E-state index contributed by atoms with van der Waals surface area (Å²) in [5.74, 6) is -3.05. The van der Waals surface area contributed by atoms with Crippen LogP contribution in [0.4, 0.5) is 0 Å². The van der Waals surface area contributed by atoms with Gasteiger partial charge in [-0.1, -0.05) is 6.92 Å². The van der Waals surface area contributed by atoms with E-state index in [4.69, 9.17) is 19.3 Å². The molecule has 1 aliphatic heterocycles. The molecule has 0 aromatic heterocycles. The molecule has 2 aliphatic carbocycles. The van der Waals surface area contributed by atoms with Gasteiger partial charge >= 0.3 is 17.9 Å². The largest absolute Gasteiger partial charge is 0.465 e. The van der Waals surface area contributed by atoms with E-state index in [-0.39, 0.29) is 11.8 Å². The van der Waals surface area contributed by atoms with Gasteiger partial charge < -0.3 is 19.3 Å². The predicted octanol–water partition coefficient (Wildman–Crippen LogP) is -0.349. The SMILES string of the molecule is CCCOC(=O)C1C2CC3C(OC(=O)C31)C2OC(=O)CO. The van der Waals surface area contributed by atoms with Crippen molar-refractivity contribution in [3.05, 3.63) is 0 Å². The van der Waals surface area contributed by atoms with E-state index in [9.17, 15) is 14.4 Å². The Bertz CT molecular complexity index is 474. The van der Waals surface area contributed by atoms with Crippen molar-refractivity contribution in [2.75, 3.05) is 13.2 Å². The number of esters is 3. The van der Waals surface area contributed by atoms with E-state index in [0.717, 1.165) is 0 Å². The van der Waals surface area contributed by atoms with Crippen LogP contribution in [-0.2, 0) is 28.6 Å². The lowest BCUT2D eigenvalue weighted by molar-refractivity contribution is -0.168. The van der Waals surface area contributed by atoms with E-state index in [1.165, 1.54) is 0 Å². The maximum Gasteiger partial charge on any atom is 0.332 e. The third-order valence-corrected chi connectivity index (χ3v) is 4.66. The van der Waals surface area contributed by atoms with E-state index in [2.05, 4.69) is 0 Å². The van der Waals surface area contributed by atoms with Crippen LogP contribution in [0.3, 0.4) is 0 Å². The summed E-state index contributed by atoms with van der Waals surface area (Å²) < 4.78 is 15.6. The van der Waals surface area contributed by atoms with Gasteiger partial charge in [0, 0.05) is 11.8 Å². The molecule has 2 bridgehead atoms. The number of aliphatic hydroxyl groups excluding tert-OH is 1. The lowest BCUT2D eigenvalue weighted by atomic mass is 9.78. The Labute approximate surface area is 121 Å². The molecule has 7 nitrogen and oxygen atoms in total. The van der Waals surface area contributed by atoms with Crippen LogP contribution >= 0.6 is 0 Å². The number of ether oxygens (including phenoxy) is 3. The van der Waals surface area contributed by atoms with E-state index in [1.54, 1.807) is 0 Å². The van der Waals surface area contributed by atoms with Gasteiger partial charge in [0.1, 0.15) is 18.8 Å². The summed E-state index contributed by atoms with van der Waals surface area (Å²) in [5.41, 5.74) is 0. The molecule has 0 amide bonds. The average molecular weight is 298 g/mol. The molecular formula is C14H18O7. The molecule has 0 aromatic carbocycles. The fourth-order valence-corrected chi connectivity index (χ4v) is 3.96. The highest BCUT2D eigenvalue weighted by Crippen LogP contribution is 2.58. The number of hydrogen-bond donors (Lipinski definition) is 1. The molecule has 1 N–H and O–H groups in total. The Balaban J connectivity index is 1.80. The minimum Gasteiger partial charge on any atom is -0.465 e. The highest BCUT2D eigenvalue weighted by atomic mass is 16.6. The molecule has 7 heteroatoms. The van der Waals surface area contributed by atoms with Crippen molar-refractivity contribution < 1.29 is 33.7 Å². The van der Waals surface area contributed by atoms with Crippen molar-refractivity contribution in [1.29, 1.82) is 0 Å². The smallest absolute Gasteiger partial charge is 0.332 e. The summed E-state index contributed by atoms with van der Waals surface area (Å²) in [6.07, 6.45) is 0.165. The number of hydrogen-bond acceptors (Lipinski definition) is 7. The lowest BCUT2D eigenvalue weighted by Gasteiger charge is -2.29. The second kappa shape index (κ2) is 5.29. The van der Waals surface area contributed by atoms with E-state index in [0.29, 0.717) is 19.4 Å². The number of carbonyl (C=O) groups is 3. The van der Waals surface area contributed by atoms with Crippen molar-refractivity contribution in [3.63, 3.8) is 0 Å². The van der Waals surface area contributed by atoms with Crippen LogP contribution in [0.15, 0.2) is 0 Å². The molecule has 3 rings (SSSR count). The number of aliphatic hydroxyl groups is 1. The fraction of sp³-hybridized carbons (Fsp3) is 0.786. The molecule has 6 unspecified atom stereocenters. The molecule has 1 saturated heterocycles. The minimum absolute atomic E-state index is 0.0989. The topological polar surface area (TPSA) is 99.1 Å². The van der Waals surface area contributed by atoms with Gasteiger partial charge in [-0.15, -0.1) is 0 Å². The van der Waals surface area contributed by atoms with Gasteiger partial charge in [-0.25, -0.2) is 4.79 Å². The van der Waals surface area contributed by atoms with Crippen molar-refractivity contribution in [2.24, 2.45) is 23.7 Å². The van der Waals surface area contributed by atoms with Crippen LogP contribution in [0.1, 0.15) is 19.8 Å². The number of fused-ring (bicyclic) bond motifs is 1. The summed E-state index contributed by atoms with van der Waals surface area (Å²) in [5, 5.41) is 8.80. The summed E-state index contributed by atoms with van der Waals surface area (Å²) >= 11 is 0. The Hall–Kier alpha value is -1.63. The van der Waals surface area contributed by atoms with Gasteiger partial charge in [0.15, 0.2) is 0 Å². The van der Waals surface area contributed by atoms with Crippen LogP contribution in [0.25, 0.3) is 0 Å². The van der Waals surface area contributed by atoms with Crippen LogP contribution in [0.5, 0.6) is 0 Å². The van der Waals surface area contributed by atoms with Crippen molar-refractivity contribution in [3.8, 4) is 0 Å². The van der Waals surface area contributed by atoms with Crippen LogP contribution in [-0.4, -0.2) is 48.4 Å². The second-order valence-corrected chi connectivity index (χ2v) is 5.80. The molecule has 116 valence electrons. The van der Waals surface area contributed by atoms with Crippen LogP contribution in [0.2, 0.25) is 0 Å². The molecule has 2 saturated carbocycles. The Morgan fingerprint density at radius 3 is 2.81 bits per heavy atom. The molecule has 1 heterocycles. The van der Waals surface area contributed by atoms with Gasteiger partial charge in [0.2, 0.25) is 0 Å². The van der Waals surface area contributed by atoms with E-state index < -0.39 is 48.6 Å². The van der Waals surface area contributed by atoms with E-state index >= 15 is 0 Å². The first-order chi connectivity index (χ1) is 10.1. The Morgan fingerprint density at radius 2 is 2.14 bits per heavy atom. The van der Waals surface area contributed by atoms with Gasteiger partial charge in [-0.3, -0.25) is 9.59 Å². The monoisotopic (exact) mass is 298 g/mol. The van der Waals surface area contributed by atoms with Crippen LogP contribution in [0, 0.1) is 23.7 Å². The van der Waals surface area contributed by atoms with Gasteiger partial charge in [-0.05, 0) is 12.8 Å². The molecule has 6 atom stereocenters. The average Bonchev–Trinajstić information content (AvgIpc) is 3.07. The zero-order valence-electron chi connectivity index (χ0n) is 11.7. The summed E-state index contributed by atoms with van der Waals surface area (Å²) in [7, 11) is 0. The standard InChI is InChI=1S/C14H18O7/c1-2-3-19-13(17)9-6-4-7-10(9)14(18)21-12(7)11(6)20-8(16)5-15/h6-7,9-12,15H,2-5H2,1H3. The number of carbonyl (C=O) groups excluding carboxylic acids is 3. The third-order valence-electron chi connectivity index (χ3n) is 4.66. The summed E-state index contributed by atoms with van der Waals surface area (Å²) in [6.45, 7) is 1.46. The maximum absolute atomic E-state index is 12.2. The normalized spacial score (nSPS) is 39.2. The van der Waals surface area contributed by atoms with Crippen molar-refractivity contribution in [2.45, 2.75) is 32.0 Å².